The van der Waals surface area contributed by atoms with Crippen LogP contribution in [0.4, 0.5) is 17.1 Å². The molecule has 28 heavy (non-hydrogen) atoms. The van der Waals surface area contributed by atoms with E-state index in [1.54, 1.807) is 24.3 Å². The third kappa shape index (κ3) is 4.68. The van der Waals surface area contributed by atoms with Crippen LogP contribution in [0, 0.1) is 0 Å². The topological polar surface area (TPSA) is 125 Å². The van der Waals surface area contributed by atoms with Gasteiger partial charge in [-0.15, -0.1) is 11.8 Å². The maximum atomic E-state index is 12.3. The van der Waals surface area contributed by atoms with E-state index in [-0.39, 0.29) is 29.7 Å². The van der Waals surface area contributed by atoms with Gasteiger partial charge in [-0.05, 0) is 42.5 Å². The van der Waals surface area contributed by atoms with Gasteiger partial charge in [0.1, 0.15) is 0 Å². The summed E-state index contributed by atoms with van der Waals surface area (Å²) >= 11 is 1.16. The minimum Gasteiger partial charge on any atom is -0.478 e. The molecule has 1 aliphatic heterocycles. The lowest BCUT2D eigenvalue weighted by Crippen LogP contribution is -2.32. The molecule has 0 aromatic heterocycles. The molecule has 0 aliphatic carbocycles. The van der Waals surface area contributed by atoms with Crippen molar-refractivity contribution in [3.05, 3.63) is 48.0 Å². The van der Waals surface area contributed by atoms with Crippen LogP contribution in [0.2, 0.25) is 0 Å². The van der Waals surface area contributed by atoms with E-state index in [0.29, 0.717) is 22.0 Å². The summed E-state index contributed by atoms with van der Waals surface area (Å²) in [6.45, 7) is 1.40. The quantitative estimate of drug-likeness (QED) is 0.613. The number of carboxylic acids is 1. The second kappa shape index (κ2) is 8.13. The van der Waals surface area contributed by atoms with Crippen LogP contribution in [-0.4, -0.2) is 34.0 Å². The van der Waals surface area contributed by atoms with Crippen molar-refractivity contribution in [1.29, 1.82) is 0 Å². The van der Waals surface area contributed by atoms with Gasteiger partial charge >= 0.3 is 5.97 Å². The Labute approximate surface area is 164 Å². The molecule has 1 unspecified atom stereocenters. The summed E-state index contributed by atoms with van der Waals surface area (Å²) < 4.78 is 0. The molecule has 4 N–H and O–H groups in total. The summed E-state index contributed by atoms with van der Waals surface area (Å²) in [5, 5.41) is 16.5. The summed E-state index contributed by atoms with van der Waals surface area (Å²) in [7, 11) is 0. The number of hydrogen-bond donors (Lipinski definition) is 4. The van der Waals surface area contributed by atoms with Crippen LogP contribution >= 0.6 is 11.8 Å². The predicted octanol–water partition coefficient (Wildman–Crippen LogP) is 2.78. The van der Waals surface area contributed by atoms with Crippen molar-refractivity contribution in [2.24, 2.45) is 0 Å². The smallest absolute Gasteiger partial charge is 0.335 e. The summed E-state index contributed by atoms with van der Waals surface area (Å²) in [6, 6.07) is 11.0. The van der Waals surface area contributed by atoms with Crippen molar-refractivity contribution >= 4 is 52.5 Å². The summed E-state index contributed by atoms with van der Waals surface area (Å²) in [5.41, 5.74) is 1.79. The minimum atomic E-state index is -1.06. The first-order valence-corrected chi connectivity index (χ1v) is 9.22. The molecule has 0 saturated carbocycles. The van der Waals surface area contributed by atoms with E-state index in [9.17, 15) is 19.2 Å². The predicted molar refractivity (Wildman–Crippen MR) is 106 cm³/mol. The van der Waals surface area contributed by atoms with Crippen LogP contribution in [0.25, 0.3) is 0 Å². The van der Waals surface area contributed by atoms with Crippen LogP contribution in [0.5, 0.6) is 0 Å². The normalized spacial score (nSPS) is 15.2. The molecular formula is C19H17N3O5S. The Kier molecular flexibility index (Phi) is 5.65. The standard InChI is InChI=1S/C19H17N3O5S/c1-10(23)20-12-3-5-13(6-4-12)21-17(24)9-16-18(25)22-14-7-2-11(19(26)27)8-15(14)28-16/h2-8,16H,9H2,1H3,(H,20,23)(H,21,24)(H,22,25)(H,26,27). The highest BCUT2D eigenvalue weighted by molar-refractivity contribution is 8.01. The third-order valence-corrected chi connectivity index (χ3v) is 5.16. The molecule has 1 aliphatic rings. The van der Waals surface area contributed by atoms with Gasteiger partial charge < -0.3 is 21.1 Å². The lowest BCUT2D eigenvalue weighted by Gasteiger charge is -2.24. The summed E-state index contributed by atoms with van der Waals surface area (Å²) in [6.07, 6.45) is -0.0688. The van der Waals surface area contributed by atoms with Crippen molar-refractivity contribution in [2.75, 3.05) is 16.0 Å². The fourth-order valence-corrected chi connectivity index (χ4v) is 3.78. The van der Waals surface area contributed by atoms with Crippen molar-refractivity contribution in [3.8, 4) is 0 Å². The number of carboxylic acid groups (broad SMARTS) is 1. The minimum absolute atomic E-state index is 0.0688. The van der Waals surface area contributed by atoms with Gasteiger partial charge in [-0.25, -0.2) is 4.79 Å². The number of aromatic carboxylic acids is 1. The molecule has 3 rings (SSSR count). The van der Waals surface area contributed by atoms with Crippen LogP contribution in [-0.2, 0) is 14.4 Å². The van der Waals surface area contributed by atoms with Gasteiger partial charge in [0.15, 0.2) is 0 Å². The Balaban J connectivity index is 1.64. The zero-order chi connectivity index (χ0) is 20.3. The molecule has 0 bridgehead atoms. The van der Waals surface area contributed by atoms with Crippen LogP contribution in [0.1, 0.15) is 23.7 Å². The molecular weight excluding hydrogens is 382 g/mol. The number of carbonyl (C=O) groups excluding carboxylic acids is 3. The molecule has 1 atom stereocenters. The van der Waals surface area contributed by atoms with Crippen molar-refractivity contribution in [1.82, 2.24) is 0 Å². The number of anilines is 3. The fraction of sp³-hybridized carbons (Fsp3) is 0.158. The SMILES string of the molecule is CC(=O)Nc1ccc(NC(=O)CC2Sc3cc(C(=O)O)ccc3NC2=O)cc1. The van der Waals surface area contributed by atoms with Gasteiger partial charge in [0.2, 0.25) is 17.7 Å². The molecule has 0 saturated heterocycles. The van der Waals surface area contributed by atoms with Crippen LogP contribution < -0.4 is 16.0 Å². The lowest BCUT2D eigenvalue weighted by atomic mass is 10.2. The molecule has 2 aromatic carbocycles. The first-order chi connectivity index (χ1) is 13.3. The maximum absolute atomic E-state index is 12.3. The third-order valence-electron chi connectivity index (χ3n) is 3.91. The second-order valence-corrected chi connectivity index (χ2v) is 7.37. The number of fused-ring (bicyclic) bond motifs is 1. The molecule has 3 amide bonds. The monoisotopic (exact) mass is 399 g/mol. The molecule has 1 heterocycles. The Hall–Kier alpha value is -3.33. The van der Waals surface area contributed by atoms with Crippen LogP contribution in [0.15, 0.2) is 47.4 Å². The molecule has 2 aromatic rings. The number of rotatable bonds is 5. The van der Waals surface area contributed by atoms with E-state index in [2.05, 4.69) is 16.0 Å². The highest BCUT2D eigenvalue weighted by Crippen LogP contribution is 2.37. The average molecular weight is 399 g/mol. The van der Waals surface area contributed by atoms with Gasteiger partial charge in [-0.3, -0.25) is 14.4 Å². The van der Waals surface area contributed by atoms with Crippen molar-refractivity contribution in [2.45, 2.75) is 23.5 Å². The first-order valence-electron chi connectivity index (χ1n) is 8.34. The zero-order valence-corrected chi connectivity index (χ0v) is 15.6. The summed E-state index contributed by atoms with van der Waals surface area (Å²) in [5.74, 6) is -1.91. The van der Waals surface area contributed by atoms with E-state index >= 15 is 0 Å². The largest absolute Gasteiger partial charge is 0.478 e. The van der Waals surface area contributed by atoms with Gasteiger partial charge in [-0.2, -0.15) is 0 Å². The molecule has 144 valence electrons. The first kappa shape index (κ1) is 19.4. The van der Waals surface area contributed by atoms with Crippen molar-refractivity contribution < 1.29 is 24.3 Å². The number of hydrogen-bond acceptors (Lipinski definition) is 5. The number of benzene rings is 2. The van der Waals surface area contributed by atoms with E-state index in [4.69, 9.17) is 5.11 Å². The molecule has 0 fully saturated rings. The summed E-state index contributed by atoms with van der Waals surface area (Å²) in [4.78, 5) is 47.3. The second-order valence-electron chi connectivity index (χ2n) is 6.12. The van der Waals surface area contributed by atoms with Gasteiger partial charge in [0.25, 0.3) is 0 Å². The van der Waals surface area contributed by atoms with E-state index < -0.39 is 11.2 Å². The Morgan fingerprint density at radius 2 is 1.71 bits per heavy atom. The molecule has 9 heteroatoms. The Bertz CT molecular complexity index is 959. The lowest BCUT2D eigenvalue weighted by molar-refractivity contribution is -0.120. The molecule has 0 radical (unpaired) electrons. The highest BCUT2D eigenvalue weighted by atomic mass is 32.2. The number of thioether (sulfide) groups is 1. The number of carbonyl (C=O) groups is 4. The Morgan fingerprint density at radius 3 is 2.32 bits per heavy atom. The highest BCUT2D eigenvalue weighted by Gasteiger charge is 2.29. The van der Waals surface area contributed by atoms with E-state index in [1.807, 2.05) is 0 Å². The van der Waals surface area contributed by atoms with Gasteiger partial charge in [-0.1, -0.05) is 0 Å². The maximum Gasteiger partial charge on any atom is 0.335 e. The van der Waals surface area contributed by atoms with E-state index in [0.717, 1.165) is 11.8 Å². The molecule has 8 nitrogen and oxygen atoms in total. The van der Waals surface area contributed by atoms with Crippen molar-refractivity contribution in [3.63, 3.8) is 0 Å². The van der Waals surface area contributed by atoms with E-state index in [1.165, 1.54) is 25.1 Å². The Morgan fingerprint density at radius 1 is 1.07 bits per heavy atom. The van der Waals surface area contributed by atoms with Crippen LogP contribution in [0.3, 0.4) is 0 Å². The zero-order valence-electron chi connectivity index (χ0n) is 14.8. The van der Waals surface area contributed by atoms with Gasteiger partial charge in [0.05, 0.1) is 16.5 Å². The number of nitrogens with one attached hydrogen (secondary N) is 3. The van der Waals surface area contributed by atoms with Gasteiger partial charge in [0, 0.05) is 29.6 Å². The molecule has 0 spiro atoms. The average Bonchev–Trinajstić information content (AvgIpc) is 2.63. The number of amides is 3. The fourth-order valence-electron chi connectivity index (χ4n) is 2.63.